The summed E-state index contributed by atoms with van der Waals surface area (Å²) >= 11 is 11.6. The van der Waals surface area contributed by atoms with Crippen molar-refractivity contribution in [2.75, 3.05) is 5.32 Å². The minimum atomic E-state index is -1.13. The molecule has 0 saturated heterocycles. The summed E-state index contributed by atoms with van der Waals surface area (Å²) in [6.07, 6.45) is -1.13. The molecule has 7 heteroatoms. The Hall–Kier alpha value is -2.11. The summed E-state index contributed by atoms with van der Waals surface area (Å²) in [5.74, 6) is -2.31. The van der Waals surface area contributed by atoms with Crippen LogP contribution in [-0.4, -0.2) is 18.0 Å². The van der Waals surface area contributed by atoms with Gasteiger partial charge in [-0.3, -0.25) is 4.79 Å². The Morgan fingerprint density at radius 1 is 1.12 bits per heavy atom. The van der Waals surface area contributed by atoms with Crippen molar-refractivity contribution >= 4 is 40.8 Å². The smallest absolute Gasteiger partial charge is 0.341 e. The van der Waals surface area contributed by atoms with Crippen LogP contribution in [0.2, 0.25) is 10.0 Å². The van der Waals surface area contributed by atoms with Gasteiger partial charge in [-0.15, -0.1) is 0 Å². The molecule has 0 aromatic heterocycles. The van der Waals surface area contributed by atoms with E-state index in [9.17, 15) is 14.0 Å². The summed E-state index contributed by atoms with van der Waals surface area (Å²) < 4.78 is 18.6. The Morgan fingerprint density at radius 3 is 2.46 bits per heavy atom. The van der Waals surface area contributed by atoms with Crippen LogP contribution in [0.3, 0.4) is 0 Å². The van der Waals surface area contributed by atoms with E-state index >= 15 is 0 Å². The van der Waals surface area contributed by atoms with Crippen molar-refractivity contribution in [1.82, 2.24) is 0 Å². The molecule has 1 amide bonds. The van der Waals surface area contributed by atoms with Gasteiger partial charge in [0.2, 0.25) is 0 Å². The van der Waals surface area contributed by atoms with Crippen LogP contribution in [0.5, 0.6) is 0 Å². The molecule has 1 unspecified atom stereocenters. The van der Waals surface area contributed by atoms with Gasteiger partial charge in [-0.2, -0.15) is 0 Å². The van der Waals surface area contributed by atoms with Crippen LogP contribution >= 0.6 is 23.2 Å². The second kappa shape index (κ2) is 7.64. The van der Waals surface area contributed by atoms with E-state index in [0.717, 1.165) is 17.7 Å². The Labute approximate surface area is 148 Å². The molecule has 0 spiro atoms. The molecule has 0 saturated carbocycles. The number of aryl methyl sites for hydroxylation is 1. The van der Waals surface area contributed by atoms with Gasteiger partial charge in [0.05, 0.1) is 5.56 Å². The summed E-state index contributed by atoms with van der Waals surface area (Å²) in [5, 5.41) is 3.26. The van der Waals surface area contributed by atoms with Gasteiger partial charge in [0, 0.05) is 15.7 Å². The number of hydrogen-bond donors (Lipinski definition) is 1. The Bertz CT molecular complexity index is 795. The van der Waals surface area contributed by atoms with E-state index in [0.29, 0.717) is 10.7 Å². The zero-order valence-corrected chi connectivity index (χ0v) is 14.4. The number of carbonyl (C=O) groups excluding carboxylic acids is 2. The van der Waals surface area contributed by atoms with Crippen molar-refractivity contribution in [3.05, 3.63) is 63.4 Å². The lowest BCUT2D eigenvalue weighted by atomic mass is 10.2. The predicted octanol–water partition coefficient (Wildman–Crippen LogP) is 4.62. The molecule has 4 nitrogen and oxygen atoms in total. The normalized spacial score (nSPS) is 11.7. The zero-order chi connectivity index (χ0) is 17.9. The van der Waals surface area contributed by atoms with Crippen molar-refractivity contribution in [1.29, 1.82) is 0 Å². The molecule has 0 fully saturated rings. The van der Waals surface area contributed by atoms with Crippen LogP contribution < -0.4 is 5.32 Å². The summed E-state index contributed by atoms with van der Waals surface area (Å²) in [5.41, 5.74) is 0.970. The predicted molar refractivity (Wildman–Crippen MR) is 91.1 cm³/mol. The molecule has 0 aliphatic rings. The third-order valence-corrected chi connectivity index (χ3v) is 3.73. The molecular formula is C17H14Cl2FNO3. The van der Waals surface area contributed by atoms with E-state index in [-0.39, 0.29) is 10.6 Å². The van der Waals surface area contributed by atoms with E-state index < -0.39 is 23.8 Å². The van der Waals surface area contributed by atoms with Gasteiger partial charge in [0.25, 0.3) is 5.91 Å². The number of amides is 1. The lowest BCUT2D eigenvalue weighted by Gasteiger charge is -2.15. The SMILES string of the molecule is Cc1ccc(Cl)cc1NC(=O)C(C)OC(=O)c1cc(Cl)ccc1F. The second-order valence-electron chi connectivity index (χ2n) is 5.12. The summed E-state index contributed by atoms with van der Waals surface area (Å²) in [4.78, 5) is 24.1. The lowest BCUT2D eigenvalue weighted by Crippen LogP contribution is -2.30. The van der Waals surface area contributed by atoms with Crippen molar-refractivity contribution < 1.29 is 18.7 Å². The van der Waals surface area contributed by atoms with Crippen LogP contribution in [0.25, 0.3) is 0 Å². The first-order valence-corrected chi connectivity index (χ1v) is 7.76. The average Bonchev–Trinajstić information content (AvgIpc) is 2.53. The number of halogens is 3. The number of rotatable bonds is 4. The number of nitrogens with one attached hydrogen (secondary N) is 1. The molecule has 0 aliphatic carbocycles. The third kappa shape index (κ3) is 4.46. The average molecular weight is 370 g/mol. The fourth-order valence-corrected chi connectivity index (χ4v) is 2.24. The molecule has 1 atom stereocenters. The highest BCUT2D eigenvalue weighted by molar-refractivity contribution is 6.31. The van der Waals surface area contributed by atoms with Crippen LogP contribution in [0.15, 0.2) is 36.4 Å². The highest BCUT2D eigenvalue weighted by Gasteiger charge is 2.22. The van der Waals surface area contributed by atoms with Crippen LogP contribution in [0.4, 0.5) is 10.1 Å². The Morgan fingerprint density at radius 2 is 1.75 bits per heavy atom. The summed E-state index contributed by atoms with van der Waals surface area (Å²) in [6, 6.07) is 8.53. The Balaban J connectivity index is 2.07. The minimum Gasteiger partial charge on any atom is -0.449 e. The summed E-state index contributed by atoms with van der Waals surface area (Å²) in [7, 11) is 0. The number of esters is 1. The molecule has 0 heterocycles. The highest BCUT2D eigenvalue weighted by Crippen LogP contribution is 2.21. The molecule has 2 aromatic rings. The maximum absolute atomic E-state index is 13.6. The van der Waals surface area contributed by atoms with Gasteiger partial charge in [-0.25, -0.2) is 9.18 Å². The quantitative estimate of drug-likeness (QED) is 0.799. The van der Waals surface area contributed by atoms with Gasteiger partial charge in [0.1, 0.15) is 5.82 Å². The second-order valence-corrected chi connectivity index (χ2v) is 5.99. The van der Waals surface area contributed by atoms with E-state index in [1.54, 1.807) is 25.1 Å². The van der Waals surface area contributed by atoms with Crippen LogP contribution in [-0.2, 0) is 9.53 Å². The minimum absolute atomic E-state index is 0.190. The standard InChI is InChI=1S/C17H14Cl2FNO3/c1-9-3-4-12(19)8-15(9)21-16(22)10(2)24-17(23)13-7-11(18)5-6-14(13)20/h3-8,10H,1-2H3,(H,21,22). The number of benzene rings is 2. The molecule has 2 aromatic carbocycles. The van der Waals surface area contributed by atoms with Crippen molar-refractivity contribution in [2.45, 2.75) is 20.0 Å². The topological polar surface area (TPSA) is 55.4 Å². The lowest BCUT2D eigenvalue weighted by molar-refractivity contribution is -0.123. The van der Waals surface area contributed by atoms with Crippen molar-refractivity contribution in [3.63, 3.8) is 0 Å². The van der Waals surface area contributed by atoms with E-state index in [1.165, 1.54) is 13.0 Å². The Kier molecular flexibility index (Phi) is 5.80. The number of anilines is 1. The van der Waals surface area contributed by atoms with Gasteiger partial charge < -0.3 is 10.1 Å². The largest absolute Gasteiger partial charge is 0.449 e. The van der Waals surface area contributed by atoms with Crippen LogP contribution in [0.1, 0.15) is 22.8 Å². The zero-order valence-electron chi connectivity index (χ0n) is 12.9. The molecular weight excluding hydrogens is 356 g/mol. The number of carbonyl (C=O) groups is 2. The molecule has 0 radical (unpaired) electrons. The van der Waals surface area contributed by atoms with Gasteiger partial charge in [-0.1, -0.05) is 29.3 Å². The van der Waals surface area contributed by atoms with Gasteiger partial charge in [-0.05, 0) is 49.7 Å². The molecule has 0 aliphatic heterocycles. The maximum atomic E-state index is 13.6. The van der Waals surface area contributed by atoms with Gasteiger partial charge >= 0.3 is 5.97 Å². The van der Waals surface area contributed by atoms with Crippen molar-refractivity contribution in [3.8, 4) is 0 Å². The molecule has 2 rings (SSSR count). The molecule has 1 N–H and O–H groups in total. The first-order chi connectivity index (χ1) is 11.3. The summed E-state index contributed by atoms with van der Waals surface area (Å²) in [6.45, 7) is 3.18. The molecule has 126 valence electrons. The fraction of sp³-hybridized carbons (Fsp3) is 0.176. The van der Waals surface area contributed by atoms with E-state index in [2.05, 4.69) is 5.32 Å². The number of hydrogen-bond acceptors (Lipinski definition) is 3. The molecule has 0 bridgehead atoms. The van der Waals surface area contributed by atoms with Crippen molar-refractivity contribution in [2.24, 2.45) is 0 Å². The molecule has 24 heavy (non-hydrogen) atoms. The van der Waals surface area contributed by atoms with E-state index in [4.69, 9.17) is 27.9 Å². The first kappa shape index (κ1) is 18.2. The highest BCUT2D eigenvalue weighted by atomic mass is 35.5. The van der Waals surface area contributed by atoms with Crippen LogP contribution in [0, 0.1) is 12.7 Å². The number of ether oxygens (including phenoxy) is 1. The third-order valence-electron chi connectivity index (χ3n) is 3.26. The fourth-order valence-electron chi connectivity index (χ4n) is 1.89. The first-order valence-electron chi connectivity index (χ1n) is 7.01. The monoisotopic (exact) mass is 369 g/mol. The van der Waals surface area contributed by atoms with Gasteiger partial charge in [0.15, 0.2) is 6.10 Å². The van der Waals surface area contributed by atoms with E-state index in [1.807, 2.05) is 0 Å². The maximum Gasteiger partial charge on any atom is 0.341 e.